The average molecular weight is 572 g/mol. The second-order valence-corrected chi connectivity index (χ2v) is 10.5. The molecule has 1 unspecified atom stereocenters. The number of nitrogens with one attached hydrogen (secondary N) is 1. The number of hydrogen-bond donors (Lipinski definition) is 1. The molecule has 1 aliphatic rings. The number of halogens is 3. The normalized spacial score (nSPS) is 16.2. The van der Waals surface area contributed by atoms with E-state index in [0.717, 1.165) is 30.1 Å². The smallest absolute Gasteiger partial charge is 0.448 e. The molecule has 2 heterocycles. The topological polar surface area (TPSA) is 129 Å². The molecule has 2 aromatic rings. The van der Waals surface area contributed by atoms with E-state index in [1.165, 1.54) is 24.2 Å². The van der Waals surface area contributed by atoms with E-state index in [2.05, 4.69) is 15.2 Å². The summed E-state index contributed by atoms with van der Waals surface area (Å²) in [5, 5.41) is 2.58. The first-order valence-corrected chi connectivity index (χ1v) is 13.4. The van der Waals surface area contributed by atoms with E-state index in [0.29, 0.717) is 24.2 Å². The number of ether oxygens (including phenoxy) is 1. The number of alkyl halides is 3. The number of aromatic nitrogens is 1. The minimum atomic E-state index is -5.59. The second-order valence-electron chi connectivity index (χ2n) is 8.52. The van der Waals surface area contributed by atoms with Crippen LogP contribution in [0.2, 0.25) is 0 Å². The zero-order valence-corrected chi connectivity index (χ0v) is 22.3. The van der Waals surface area contributed by atoms with Crippen LogP contribution in [0.5, 0.6) is 0 Å². The molecule has 0 saturated carbocycles. The van der Waals surface area contributed by atoms with E-state index < -0.39 is 44.3 Å². The molecule has 1 N–H and O–H groups in total. The van der Waals surface area contributed by atoms with Crippen LogP contribution in [0.25, 0.3) is 0 Å². The molecule has 1 aromatic carbocycles. The molecule has 4 amide bonds. The molecule has 0 radical (unpaired) electrons. The third kappa shape index (κ3) is 6.47. The molecule has 1 atom stereocenters. The number of hydrogen-bond acceptors (Lipinski definition) is 8. The summed E-state index contributed by atoms with van der Waals surface area (Å²) >= 11 is 0. The molecule has 1 aliphatic heterocycles. The number of sulfone groups is 1. The number of imide groups is 1. The lowest BCUT2D eigenvalue weighted by Crippen LogP contribution is -2.34. The minimum absolute atomic E-state index is 0.0923. The van der Waals surface area contributed by atoms with Crippen molar-refractivity contribution in [2.45, 2.75) is 43.8 Å². The largest absolute Gasteiger partial charge is 0.501 e. The van der Waals surface area contributed by atoms with Gasteiger partial charge in [-0.1, -0.05) is 13.8 Å². The number of anilines is 2. The lowest BCUT2D eigenvalue weighted by atomic mass is 10.2. The van der Waals surface area contributed by atoms with Gasteiger partial charge in [0.05, 0.1) is 29.0 Å². The van der Waals surface area contributed by atoms with E-state index in [1.54, 1.807) is 6.07 Å². The summed E-state index contributed by atoms with van der Waals surface area (Å²) in [5.41, 5.74) is -4.87. The monoisotopic (exact) mass is 571 g/mol. The van der Waals surface area contributed by atoms with Crippen molar-refractivity contribution in [3.8, 4) is 0 Å². The standard InChI is InChI=1S/C24H28F3N5O6S/c1-4-30(5-2)12-13-38-22(34)29-20-14-28-11-10-17(20)15-31-16(3)21(33)32(23(31)35)18-6-8-19(9-7-18)39(36,37)24(25,26)27/h6-11,14,16H,4-5,12-13,15H2,1-3H3,(H,29,34). The van der Waals surface area contributed by atoms with E-state index in [1.807, 2.05) is 13.8 Å². The summed E-state index contributed by atoms with van der Waals surface area (Å²) in [6.45, 7) is 7.68. The van der Waals surface area contributed by atoms with E-state index in [9.17, 15) is 36.0 Å². The summed E-state index contributed by atoms with van der Waals surface area (Å²) < 4.78 is 67.0. The van der Waals surface area contributed by atoms with Gasteiger partial charge in [0.1, 0.15) is 12.6 Å². The summed E-state index contributed by atoms with van der Waals surface area (Å²) in [4.78, 5) is 45.4. The second kappa shape index (κ2) is 12.0. The number of benzene rings is 1. The Morgan fingerprint density at radius 2 is 1.77 bits per heavy atom. The fraction of sp³-hybridized carbons (Fsp3) is 0.417. The zero-order chi connectivity index (χ0) is 29.0. The summed E-state index contributed by atoms with van der Waals surface area (Å²) in [5.74, 6) is -0.661. The summed E-state index contributed by atoms with van der Waals surface area (Å²) in [7, 11) is -5.59. The third-order valence-electron chi connectivity index (χ3n) is 6.22. The highest BCUT2D eigenvalue weighted by Gasteiger charge is 2.47. The number of likely N-dealkylation sites (N-methyl/N-ethyl adjacent to an activating group) is 1. The van der Waals surface area contributed by atoms with Crippen LogP contribution in [0.1, 0.15) is 26.3 Å². The number of amides is 4. The maximum atomic E-state index is 13.2. The fourth-order valence-electron chi connectivity index (χ4n) is 3.87. The van der Waals surface area contributed by atoms with Crippen molar-refractivity contribution < 1.29 is 40.7 Å². The van der Waals surface area contributed by atoms with Crippen LogP contribution >= 0.6 is 0 Å². The summed E-state index contributed by atoms with van der Waals surface area (Å²) in [6, 6.07) is 3.10. The molecule has 0 bridgehead atoms. The molecule has 0 aliphatic carbocycles. The van der Waals surface area contributed by atoms with Gasteiger partial charge in [-0.05, 0) is 55.9 Å². The van der Waals surface area contributed by atoms with Gasteiger partial charge in [0.2, 0.25) is 0 Å². The number of urea groups is 1. The van der Waals surface area contributed by atoms with Gasteiger partial charge in [-0.25, -0.2) is 22.9 Å². The molecular formula is C24H28F3N5O6S. The van der Waals surface area contributed by atoms with Crippen LogP contribution in [-0.2, 0) is 25.9 Å². The number of rotatable bonds is 10. The molecule has 1 aromatic heterocycles. The lowest BCUT2D eigenvalue weighted by molar-refractivity contribution is -0.119. The Bertz CT molecular complexity index is 1320. The van der Waals surface area contributed by atoms with Gasteiger partial charge in [-0.3, -0.25) is 15.1 Å². The minimum Gasteiger partial charge on any atom is -0.448 e. The molecule has 15 heteroatoms. The van der Waals surface area contributed by atoms with Crippen molar-refractivity contribution in [3.63, 3.8) is 0 Å². The van der Waals surface area contributed by atoms with Gasteiger partial charge in [0, 0.05) is 12.7 Å². The Labute approximate surface area is 223 Å². The predicted molar refractivity (Wildman–Crippen MR) is 135 cm³/mol. The highest BCUT2D eigenvalue weighted by atomic mass is 32.2. The quantitative estimate of drug-likeness (QED) is 0.428. The van der Waals surface area contributed by atoms with Gasteiger partial charge >= 0.3 is 17.6 Å². The van der Waals surface area contributed by atoms with Gasteiger partial charge in [0.25, 0.3) is 15.7 Å². The van der Waals surface area contributed by atoms with Crippen LogP contribution in [0.3, 0.4) is 0 Å². The van der Waals surface area contributed by atoms with E-state index in [4.69, 9.17) is 4.74 Å². The maximum absolute atomic E-state index is 13.2. The average Bonchev–Trinajstić information content (AvgIpc) is 3.10. The number of pyridine rings is 1. The van der Waals surface area contributed by atoms with Crippen molar-refractivity contribution in [1.29, 1.82) is 0 Å². The van der Waals surface area contributed by atoms with Crippen LogP contribution in [0.4, 0.5) is 34.1 Å². The molecule has 1 saturated heterocycles. The van der Waals surface area contributed by atoms with Crippen molar-refractivity contribution in [1.82, 2.24) is 14.8 Å². The Kier molecular flexibility index (Phi) is 9.17. The van der Waals surface area contributed by atoms with Crippen molar-refractivity contribution >= 4 is 39.2 Å². The fourth-order valence-corrected chi connectivity index (χ4v) is 4.63. The van der Waals surface area contributed by atoms with Gasteiger partial charge in [-0.2, -0.15) is 13.2 Å². The number of carbonyl (C=O) groups excluding carboxylic acids is 3. The first-order valence-electron chi connectivity index (χ1n) is 12.0. The lowest BCUT2D eigenvalue weighted by Gasteiger charge is -2.21. The van der Waals surface area contributed by atoms with Gasteiger partial charge < -0.3 is 14.5 Å². The summed E-state index contributed by atoms with van der Waals surface area (Å²) in [6.07, 6.45) is 2.09. The highest BCUT2D eigenvalue weighted by Crippen LogP contribution is 2.33. The van der Waals surface area contributed by atoms with Crippen LogP contribution in [-0.4, -0.2) is 79.0 Å². The Hall–Kier alpha value is -3.72. The first kappa shape index (κ1) is 29.8. The Morgan fingerprint density at radius 1 is 1.13 bits per heavy atom. The van der Waals surface area contributed by atoms with Crippen LogP contribution in [0.15, 0.2) is 47.6 Å². The Balaban J connectivity index is 1.74. The van der Waals surface area contributed by atoms with Crippen molar-refractivity contribution in [3.05, 3.63) is 48.3 Å². The molecular weight excluding hydrogens is 543 g/mol. The Morgan fingerprint density at radius 3 is 2.36 bits per heavy atom. The maximum Gasteiger partial charge on any atom is 0.501 e. The molecule has 39 heavy (non-hydrogen) atoms. The van der Waals surface area contributed by atoms with Crippen LogP contribution in [0, 0.1) is 0 Å². The zero-order valence-electron chi connectivity index (χ0n) is 21.4. The molecule has 0 spiro atoms. The van der Waals surface area contributed by atoms with Gasteiger partial charge in [-0.15, -0.1) is 0 Å². The van der Waals surface area contributed by atoms with Crippen molar-refractivity contribution in [2.24, 2.45) is 0 Å². The first-order chi connectivity index (χ1) is 18.3. The van der Waals surface area contributed by atoms with Crippen molar-refractivity contribution in [2.75, 3.05) is 36.5 Å². The SMILES string of the molecule is CCN(CC)CCOC(=O)Nc1cnccc1CN1C(=O)N(c2ccc(S(=O)(=O)C(F)(F)F)cc2)C(=O)C1C. The highest BCUT2D eigenvalue weighted by molar-refractivity contribution is 7.92. The number of carbonyl (C=O) groups is 3. The molecule has 1 fully saturated rings. The van der Waals surface area contributed by atoms with Gasteiger partial charge in [0.15, 0.2) is 0 Å². The third-order valence-corrected chi connectivity index (χ3v) is 7.72. The van der Waals surface area contributed by atoms with E-state index >= 15 is 0 Å². The number of nitrogens with zero attached hydrogens (tertiary/aromatic N) is 4. The van der Waals surface area contributed by atoms with E-state index in [-0.39, 0.29) is 24.5 Å². The molecule has 212 valence electrons. The van der Waals surface area contributed by atoms with Crippen LogP contribution < -0.4 is 10.2 Å². The molecule has 3 rings (SSSR count). The molecule has 11 nitrogen and oxygen atoms in total. The predicted octanol–water partition coefficient (Wildman–Crippen LogP) is 3.62.